The van der Waals surface area contributed by atoms with Gasteiger partial charge in [0.05, 0.1) is 39.8 Å². The molecule has 266 valence electrons. The number of hydrogen-bond acceptors (Lipinski definition) is 8. The predicted octanol–water partition coefficient (Wildman–Crippen LogP) is 2.96. The highest BCUT2D eigenvalue weighted by atomic mass is 35.5. The van der Waals surface area contributed by atoms with Crippen LogP contribution >= 0.6 is 24.8 Å². The molecule has 0 aliphatic carbocycles. The van der Waals surface area contributed by atoms with E-state index in [1.54, 1.807) is 65.0 Å². The number of anilines is 4. The van der Waals surface area contributed by atoms with Gasteiger partial charge in [0.1, 0.15) is 17.1 Å². The highest BCUT2D eigenvalue weighted by Crippen LogP contribution is 2.36. The molecule has 3 aromatic heterocycles. The number of rotatable bonds is 10. The number of aromatic nitrogens is 3. The molecule has 0 saturated heterocycles. The summed E-state index contributed by atoms with van der Waals surface area (Å²) >= 11 is 0. The van der Waals surface area contributed by atoms with Gasteiger partial charge >= 0.3 is 6.03 Å². The van der Waals surface area contributed by atoms with Crippen LogP contribution in [0.4, 0.5) is 33.2 Å². The maximum absolute atomic E-state index is 13.2. The number of aryl methyl sites for hydroxylation is 3. The highest BCUT2D eigenvalue weighted by Gasteiger charge is 2.34. The van der Waals surface area contributed by atoms with Crippen LogP contribution in [0.2, 0.25) is 0 Å². The Bertz CT molecular complexity index is 1980. The Morgan fingerprint density at radius 3 is 2.04 bits per heavy atom. The average molecular weight is 733 g/mol. The number of carbonyl (C=O) groups is 5. The number of urea groups is 1. The van der Waals surface area contributed by atoms with Gasteiger partial charge in [0.15, 0.2) is 0 Å². The van der Waals surface area contributed by atoms with E-state index in [1.165, 1.54) is 41.9 Å². The molecule has 0 fully saturated rings. The summed E-state index contributed by atoms with van der Waals surface area (Å²) in [6.45, 7) is 0.0363. The number of benzene rings is 1. The summed E-state index contributed by atoms with van der Waals surface area (Å²) < 4.78 is 4.54. The fourth-order valence-electron chi connectivity index (χ4n) is 5.38. The lowest BCUT2D eigenvalue weighted by atomic mass is 10.1. The lowest BCUT2D eigenvalue weighted by Gasteiger charge is -2.26. The van der Waals surface area contributed by atoms with E-state index < -0.39 is 34.6 Å². The van der Waals surface area contributed by atoms with Crippen molar-refractivity contribution in [2.24, 2.45) is 26.9 Å². The van der Waals surface area contributed by atoms with Gasteiger partial charge in [-0.3, -0.25) is 34.3 Å². The van der Waals surface area contributed by atoms with Gasteiger partial charge in [-0.1, -0.05) is 6.07 Å². The maximum atomic E-state index is 13.2. The van der Waals surface area contributed by atoms with Gasteiger partial charge in [0.2, 0.25) is 5.91 Å². The minimum Gasteiger partial charge on any atom is -0.370 e. The summed E-state index contributed by atoms with van der Waals surface area (Å²) in [6.07, 6.45) is 4.65. The molecule has 0 atom stereocenters. The Kier molecular flexibility index (Phi) is 11.9. The lowest BCUT2D eigenvalue weighted by molar-refractivity contribution is -0.385. The summed E-state index contributed by atoms with van der Waals surface area (Å²) in [5, 5.41) is 25.1. The molecule has 1 aliphatic heterocycles. The second kappa shape index (κ2) is 15.5. The lowest BCUT2D eigenvalue weighted by Crippen LogP contribution is -2.42. The number of halogens is 2. The third kappa shape index (κ3) is 7.82. The molecule has 0 bridgehead atoms. The minimum atomic E-state index is -0.560. The van der Waals surface area contributed by atoms with Crippen LogP contribution in [0.5, 0.6) is 0 Å². The Balaban J connectivity index is 0.00000338. The van der Waals surface area contributed by atoms with Crippen LogP contribution < -0.4 is 32.0 Å². The molecule has 0 radical (unpaired) electrons. The summed E-state index contributed by atoms with van der Waals surface area (Å²) in [6, 6.07) is 8.57. The van der Waals surface area contributed by atoms with Crippen molar-refractivity contribution in [3.05, 3.63) is 87.7 Å². The summed E-state index contributed by atoms with van der Waals surface area (Å²) in [7, 11) is 6.49. The first-order valence-corrected chi connectivity index (χ1v) is 14.5. The molecule has 0 saturated carbocycles. The number of nitrogens with one attached hydrogen (secondary N) is 4. The van der Waals surface area contributed by atoms with E-state index in [9.17, 15) is 34.1 Å². The van der Waals surface area contributed by atoms with Gasteiger partial charge in [-0.05, 0) is 24.3 Å². The van der Waals surface area contributed by atoms with Crippen LogP contribution in [-0.4, -0.2) is 66.9 Å². The van der Waals surface area contributed by atoms with Gasteiger partial charge in [0, 0.05) is 65.8 Å². The van der Waals surface area contributed by atoms with Crippen LogP contribution in [-0.2, 0) is 32.5 Å². The van der Waals surface area contributed by atoms with Crippen molar-refractivity contribution >= 4 is 82.9 Å². The maximum Gasteiger partial charge on any atom is 0.341 e. The van der Waals surface area contributed by atoms with E-state index in [-0.39, 0.29) is 72.8 Å². The summed E-state index contributed by atoms with van der Waals surface area (Å²) in [5.41, 5.74) is 7.42. The van der Waals surface area contributed by atoms with Crippen molar-refractivity contribution < 1.29 is 28.9 Å². The number of hydrazine groups is 1. The van der Waals surface area contributed by atoms with Crippen molar-refractivity contribution in [3.8, 4) is 0 Å². The Morgan fingerprint density at radius 2 is 1.44 bits per heavy atom. The Hall–Kier alpha value is -6.01. The predicted molar refractivity (Wildman–Crippen MR) is 189 cm³/mol. The van der Waals surface area contributed by atoms with Gasteiger partial charge in [0.25, 0.3) is 23.4 Å². The number of fused-ring (bicyclic) bond motifs is 1. The molecular weight excluding hydrogens is 697 g/mol. The van der Waals surface area contributed by atoms with E-state index in [0.717, 1.165) is 0 Å². The zero-order valence-electron chi connectivity index (χ0n) is 27.3. The molecule has 6 amide bonds. The van der Waals surface area contributed by atoms with Crippen LogP contribution in [0.15, 0.2) is 55.0 Å². The second-order valence-electron chi connectivity index (χ2n) is 11.1. The molecule has 4 aromatic rings. The van der Waals surface area contributed by atoms with Crippen molar-refractivity contribution in [2.45, 2.75) is 13.0 Å². The molecular formula is C30H35Cl2N11O7. The van der Waals surface area contributed by atoms with Gasteiger partial charge in [-0.2, -0.15) is 0 Å². The molecule has 0 unspecified atom stereocenters. The number of primary amides is 1. The third-order valence-corrected chi connectivity index (χ3v) is 7.75. The van der Waals surface area contributed by atoms with E-state index in [1.807, 2.05) is 0 Å². The first-order valence-electron chi connectivity index (χ1n) is 14.5. The number of amides is 6. The molecule has 0 spiro atoms. The van der Waals surface area contributed by atoms with Crippen LogP contribution in [0.1, 0.15) is 43.4 Å². The van der Waals surface area contributed by atoms with Crippen molar-refractivity contribution in [3.63, 3.8) is 0 Å². The molecule has 4 heterocycles. The first-order chi connectivity index (χ1) is 22.7. The van der Waals surface area contributed by atoms with E-state index in [2.05, 4.69) is 21.3 Å². The molecule has 1 aromatic carbocycles. The zero-order valence-corrected chi connectivity index (χ0v) is 28.9. The zero-order chi connectivity index (χ0) is 34.9. The highest BCUT2D eigenvalue weighted by molar-refractivity contribution is 6.09. The number of nitrogens with two attached hydrogens (primary N) is 1. The summed E-state index contributed by atoms with van der Waals surface area (Å²) in [4.78, 5) is 74.2. The molecule has 50 heavy (non-hydrogen) atoms. The monoisotopic (exact) mass is 731 g/mol. The van der Waals surface area contributed by atoms with Crippen molar-refractivity contribution in [2.75, 3.05) is 34.6 Å². The van der Waals surface area contributed by atoms with Crippen LogP contribution in [0.3, 0.4) is 0 Å². The Labute approximate surface area is 297 Å². The number of nitrogens with zero attached hydrogens (tertiary/aromatic N) is 6. The molecule has 6 N–H and O–H groups in total. The number of nitro groups is 1. The topological polar surface area (TPSA) is 224 Å². The van der Waals surface area contributed by atoms with E-state index in [0.29, 0.717) is 22.6 Å². The Morgan fingerprint density at radius 1 is 0.840 bits per heavy atom. The third-order valence-electron chi connectivity index (χ3n) is 7.75. The van der Waals surface area contributed by atoms with Gasteiger partial charge in [-0.25, -0.2) is 9.80 Å². The van der Waals surface area contributed by atoms with E-state index in [4.69, 9.17) is 5.73 Å². The molecule has 20 heteroatoms. The average Bonchev–Trinajstić information content (AvgIpc) is 3.77. The smallest absolute Gasteiger partial charge is 0.341 e. The SMILES string of the molecule is CN1c2cccc([N+](=O)[O-])c2CN1C(=O)Nc1cc(C(=O)Nc2cc(C(=O)Nc3ccn(C)c3C(=O)NCCC(N)=O)n(C)c2)n(C)c1.Cl.Cl. The molecule has 18 nitrogen and oxygen atoms in total. The first kappa shape index (κ1) is 38.4. The van der Waals surface area contributed by atoms with Gasteiger partial charge < -0.3 is 40.7 Å². The van der Waals surface area contributed by atoms with Gasteiger partial charge in [-0.15, -0.1) is 24.8 Å². The van der Waals surface area contributed by atoms with Crippen LogP contribution in [0.25, 0.3) is 0 Å². The van der Waals surface area contributed by atoms with Crippen LogP contribution in [0, 0.1) is 10.1 Å². The van der Waals surface area contributed by atoms with Crippen molar-refractivity contribution in [1.82, 2.24) is 24.0 Å². The number of nitro benzene ring substituents is 1. The van der Waals surface area contributed by atoms with Crippen molar-refractivity contribution in [1.29, 1.82) is 0 Å². The fraction of sp³-hybridized carbons (Fsp3) is 0.233. The minimum absolute atomic E-state index is 0. The normalized spacial score (nSPS) is 11.5. The van der Waals surface area contributed by atoms with E-state index >= 15 is 0 Å². The largest absolute Gasteiger partial charge is 0.370 e. The quantitative estimate of drug-likeness (QED) is 0.120. The second-order valence-corrected chi connectivity index (χ2v) is 11.1. The standard InChI is InChI=1S/C30H33N11O7.2ClH/c1-36-11-9-20(26(36)29(45)32-10-8-25(31)42)35-28(44)24-12-17(14-37(24)2)33-27(43)23-13-18(15-38(23)3)34-30(46)40-16-19-21(39(40)4)6-5-7-22(19)41(47)48;;/h5-7,9,11-15H,8,10,16H2,1-4H3,(H2,31,42)(H,32,45)(H,33,43)(H,34,46)(H,35,44);2*1H. The molecule has 1 aliphatic rings. The number of hydrogen-bond donors (Lipinski definition) is 5. The molecule has 5 rings (SSSR count). The summed E-state index contributed by atoms with van der Waals surface area (Å²) in [5.74, 6) is -2.12. The number of carbonyl (C=O) groups excluding carboxylic acids is 5. The fourth-order valence-corrected chi connectivity index (χ4v) is 5.38.